The molecule has 1 N–H and O–H groups in total. The largest absolute Gasteiger partial charge is 0.323 e. The van der Waals surface area contributed by atoms with E-state index < -0.39 is 10.0 Å². The van der Waals surface area contributed by atoms with E-state index in [0.717, 1.165) is 33.6 Å². The number of aromatic nitrogens is 4. The zero-order valence-electron chi connectivity index (χ0n) is 18.6. The van der Waals surface area contributed by atoms with Crippen LogP contribution >= 0.6 is 0 Å². The predicted molar refractivity (Wildman–Crippen MR) is 135 cm³/mol. The van der Waals surface area contributed by atoms with Gasteiger partial charge in [0.1, 0.15) is 0 Å². The molecule has 3 aromatic heterocycles. The third-order valence-electron chi connectivity index (χ3n) is 5.55. The molecule has 0 radical (unpaired) electrons. The Bertz CT molecular complexity index is 1560. The van der Waals surface area contributed by atoms with Gasteiger partial charge in [0.15, 0.2) is 0 Å². The van der Waals surface area contributed by atoms with E-state index in [0.29, 0.717) is 11.6 Å². The van der Waals surface area contributed by atoms with E-state index in [9.17, 15) is 8.42 Å². The number of nitrogens with zero attached hydrogens (tertiary/aromatic N) is 5. The summed E-state index contributed by atoms with van der Waals surface area (Å²) in [6.45, 7) is 0. The van der Waals surface area contributed by atoms with Gasteiger partial charge in [-0.3, -0.25) is 9.29 Å². The highest BCUT2D eigenvalue weighted by molar-refractivity contribution is 7.92. The second-order valence-electron chi connectivity index (χ2n) is 7.83. The van der Waals surface area contributed by atoms with E-state index in [-0.39, 0.29) is 0 Å². The number of nitrogens with one attached hydrogen (secondary N) is 1. The number of pyridine rings is 1. The van der Waals surface area contributed by atoms with E-state index in [1.54, 1.807) is 30.0 Å². The minimum atomic E-state index is -3.42. The van der Waals surface area contributed by atoms with Crippen LogP contribution < -0.4 is 9.62 Å². The Kier molecular flexibility index (Phi) is 5.46. The predicted octanol–water partition coefficient (Wildman–Crippen LogP) is 4.60. The summed E-state index contributed by atoms with van der Waals surface area (Å²) in [5.41, 5.74) is 5.83. The van der Waals surface area contributed by atoms with Gasteiger partial charge in [-0.1, -0.05) is 36.4 Å². The number of para-hydroxylation sites is 1. The molecule has 0 aliphatic rings. The van der Waals surface area contributed by atoms with Crippen molar-refractivity contribution in [2.24, 2.45) is 0 Å². The number of fused-ring (bicyclic) bond motifs is 1. The summed E-state index contributed by atoms with van der Waals surface area (Å²) in [6.07, 6.45) is 6.49. The van der Waals surface area contributed by atoms with Crippen molar-refractivity contribution in [3.63, 3.8) is 0 Å². The van der Waals surface area contributed by atoms with Crippen molar-refractivity contribution in [2.75, 3.05) is 22.9 Å². The quantitative estimate of drug-likeness (QED) is 0.390. The minimum absolute atomic E-state index is 0.424. The van der Waals surface area contributed by atoms with Crippen LogP contribution in [0.5, 0.6) is 0 Å². The second-order valence-corrected chi connectivity index (χ2v) is 9.84. The zero-order chi connectivity index (χ0) is 23.7. The molecule has 2 aromatic carbocycles. The molecule has 5 rings (SSSR count). The maximum Gasteiger partial charge on any atom is 0.245 e. The van der Waals surface area contributed by atoms with Gasteiger partial charge < -0.3 is 5.32 Å². The fourth-order valence-electron chi connectivity index (χ4n) is 3.71. The number of benzene rings is 2. The van der Waals surface area contributed by atoms with Crippen LogP contribution in [0, 0.1) is 0 Å². The summed E-state index contributed by atoms with van der Waals surface area (Å²) in [7, 11) is -1.88. The number of anilines is 3. The van der Waals surface area contributed by atoms with Gasteiger partial charge in [-0.15, -0.1) is 5.10 Å². The molecule has 0 atom stereocenters. The Morgan fingerprint density at radius 2 is 1.68 bits per heavy atom. The van der Waals surface area contributed by atoms with Crippen LogP contribution in [0.3, 0.4) is 0 Å². The minimum Gasteiger partial charge on any atom is -0.323 e. The molecule has 0 aliphatic heterocycles. The fraction of sp³-hybridized carbons (Fsp3) is 0.0800. The van der Waals surface area contributed by atoms with Gasteiger partial charge in [-0.25, -0.2) is 17.9 Å². The van der Waals surface area contributed by atoms with Crippen LogP contribution in [0.1, 0.15) is 0 Å². The lowest BCUT2D eigenvalue weighted by molar-refractivity contribution is 0.600. The van der Waals surface area contributed by atoms with Gasteiger partial charge in [-0.05, 0) is 47.5 Å². The van der Waals surface area contributed by atoms with Crippen molar-refractivity contribution in [3.8, 4) is 22.4 Å². The summed E-state index contributed by atoms with van der Waals surface area (Å²) in [5.74, 6) is 0.424. The summed E-state index contributed by atoms with van der Waals surface area (Å²) < 4.78 is 27.4. The molecule has 5 aromatic rings. The maximum absolute atomic E-state index is 12.2. The Morgan fingerprint density at radius 1 is 0.882 bits per heavy atom. The Balaban J connectivity index is 1.48. The first kappa shape index (κ1) is 21.6. The summed E-state index contributed by atoms with van der Waals surface area (Å²) in [6, 6.07) is 23.0. The highest BCUT2D eigenvalue weighted by Crippen LogP contribution is 2.32. The summed E-state index contributed by atoms with van der Waals surface area (Å²) in [4.78, 5) is 8.59. The molecule has 34 heavy (non-hydrogen) atoms. The van der Waals surface area contributed by atoms with Gasteiger partial charge in [-0.2, -0.15) is 0 Å². The van der Waals surface area contributed by atoms with Crippen molar-refractivity contribution < 1.29 is 8.42 Å². The van der Waals surface area contributed by atoms with Crippen molar-refractivity contribution in [2.45, 2.75) is 0 Å². The summed E-state index contributed by atoms with van der Waals surface area (Å²) >= 11 is 0. The van der Waals surface area contributed by atoms with Crippen LogP contribution in [0.4, 0.5) is 17.3 Å². The van der Waals surface area contributed by atoms with Crippen LogP contribution in [-0.2, 0) is 10.0 Å². The van der Waals surface area contributed by atoms with Gasteiger partial charge in [0.25, 0.3) is 0 Å². The molecule has 0 amide bonds. The van der Waals surface area contributed by atoms with Crippen molar-refractivity contribution >= 4 is 32.9 Å². The van der Waals surface area contributed by atoms with E-state index in [1.165, 1.54) is 10.6 Å². The van der Waals surface area contributed by atoms with Gasteiger partial charge >= 0.3 is 0 Å². The molecule has 8 nitrogen and oxygen atoms in total. The molecule has 0 saturated heterocycles. The first-order chi connectivity index (χ1) is 16.4. The van der Waals surface area contributed by atoms with Crippen LogP contribution in [-0.4, -0.2) is 41.3 Å². The average Bonchev–Trinajstić information content (AvgIpc) is 3.27. The highest BCUT2D eigenvalue weighted by atomic mass is 32.2. The monoisotopic (exact) mass is 470 g/mol. The Morgan fingerprint density at radius 3 is 2.41 bits per heavy atom. The first-order valence-corrected chi connectivity index (χ1v) is 12.4. The molecule has 0 aliphatic carbocycles. The van der Waals surface area contributed by atoms with Crippen LogP contribution in [0.25, 0.3) is 27.9 Å². The molecular weight excluding hydrogens is 448 g/mol. The third-order valence-corrected chi connectivity index (χ3v) is 6.74. The molecule has 0 unspecified atom stereocenters. The van der Waals surface area contributed by atoms with Crippen molar-refractivity contribution in [1.29, 1.82) is 0 Å². The first-order valence-electron chi connectivity index (χ1n) is 10.6. The maximum atomic E-state index is 12.2. The van der Waals surface area contributed by atoms with Crippen molar-refractivity contribution in [3.05, 3.63) is 91.4 Å². The van der Waals surface area contributed by atoms with E-state index >= 15 is 0 Å². The molecular formula is C25H22N6O2S. The number of hydrogen-bond donors (Lipinski definition) is 1. The van der Waals surface area contributed by atoms with E-state index in [4.69, 9.17) is 0 Å². The molecule has 3 heterocycles. The number of sulfonamides is 1. The normalized spacial score (nSPS) is 11.5. The number of rotatable bonds is 6. The van der Waals surface area contributed by atoms with Crippen LogP contribution in [0.15, 0.2) is 91.4 Å². The second kappa shape index (κ2) is 8.60. The number of hydrogen-bond acceptors (Lipinski definition) is 6. The highest BCUT2D eigenvalue weighted by Gasteiger charge is 2.18. The topological polar surface area (TPSA) is 92.5 Å². The third kappa shape index (κ3) is 4.20. The standard InChI is InChI=1S/C25H22N6O2S/c1-30(34(2,32)33)23-8-4-3-7-22(23)24-14-13-21-17-27-25(29-31(21)24)28-20-11-9-18(10-12-20)19-6-5-15-26-16-19/h3-17H,1-2H3,(H,28,29). The lowest BCUT2D eigenvalue weighted by atomic mass is 10.1. The van der Waals surface area contributed by atoms with Gasteiger partial charge in [0, 0.05) is 30.7 Å². The molecule has 0 fully saturated rings. The Hall–Kier alpha value is -4.24. The molecule has 0 saturated carbocycles. The van der Waals surface area contributed by atoms with Gasteiger partial charge in [0.05, 0.1) is 29.4 Å². The zero-order valence-corrected chi connectivity index (χ0v) is 19.4. The summed E-state index contributed by atoms with van der Waals surface area (Å²) in [5, 5.41) is 7.91. The van der Waals surface area contributed by atoms with Gasteiger partial charge in [0.2, 0.25) is 16.0 Å². The Labute approximate surface area is 197 Å². The SMILES string of the molecule is CN(c1ccccc1-c1ccc2cnc(Nc3ccc(-c4cccnc4)cc3)nn12)S(C)(=O)=O. The van der Waals surface area contributed by atoms with E-state index in [1.807, 2.05) is 72.9 Å². The van der Waals surface area contributed by atoms with E-state index in [2.05, 4.69) is 20.4 Å². The molecule has 0 spiro atoms. The molecule has 170 valence electrons. The lowest BCUT2D eigenvalue weighted by Crippen LogP contribution is -2.25. The van der Waals surface area contributed by atoms with Crippen molar-refractivity contribution in [1.82, 2.24) is 19.6 Å². The smallest absolute Gasteiger partial charge is 0.245 e. The average molecular weight is 471 g/mol. The fourth-order valence-corrected chi connectivity index (χ4v) is 4.23. The molecule has 9 heteroatoms. The lowest BCUT2D eigenvalue weighted by Gasteiger charge is -2.20. The van der Waals surface area contributed by atoms with Crippen LogP contribution in [0.2, 0.25) is 0 Å². The molecule has 0 bridgehead atoms.